The number of allylic oxidation sites excluding steroid dienone is 1. The minimum atomic E-state index is -0.994. The van der Waals surface area contributed by atoms with Crippen molar-refractivity contribution in [2.75, 3.05) is 0 Å². The molecule has 1 aliphatic carbocycles. The first-order valence-electron chi connectivity index (χ1n) is 17.1. The molecule has 0 amide bonds. The maximum atomic E-state index is 10.9. The van der Waals surface area contributed by atoms with Gasteiger partial charge in [-0.25, -0.2) is 0 Å². The lowest BCUT2D eigenvalue weighted by Gasteiger charge is -2.15. The molecule has 1 aliphatic rings. The van der Waals surface area contributed by atoms with Gasteiger partial charge in [-0.3, -0.25) is 0 Å². The Morgan fingerprint density at radius 3 is 1.76 bits per heavy atom. The highest BCUT2D eigenvalue weighted by atomic mass is 16.4. The molecule has 0 unspecified atom stereocenters. The molecule has 0 saturated heterocycles. The van der Waals surface area contributed by atoms with E-state index in [4.69, 9.17) is 0 Å². The zero-order valence-corrected chi connectivity index (χ0v) is 28.2. The molecule has 252 valence electrons. The normalized spacial score (nSPS) is 12.3. The van der Waals surface area contributed by atoms with Crippen molar-refractivity contribution in [1.82, 2.24) is 9.13 Å². The summed E-state index contributed by atoms with van der Waals surface area (Å²) in [5.41, 5.74) is 10.2. The van der Waals surface area contributed by atoms with Crippen LogP contribution in [0, 0.1) is 0 Å². The van der Waals surface area contributed by atoms with Crippen molar-refractivity contribution in [1.29, 1.82) is 0 Å². The highest BCUT2D eigenvalue weighted by Crippen LogP contribution is 2.54. The van der Waals surface area contributed by atoms with Crippen LogP contribution in [0.15, 0.2) is 121 Å². The predicted octanol–water partition coefficient (Wildman–Crippen LogP) is 10.6. The molecule has 0 aliphatic heterocycles. The second-order valence-electron chi connectivity index (χ2n) is 12.5. The summed E-state index contributed by atoms with van der Waals surface area (Å²) in [5.74, 6) is -4.33. The van der Waals surface area contributed by atoms with Crippen molar-refractivity contribution in [2.24, 2.45) is 0 Å². The van der Waals surface area contributed by atoms with Gasteiger partial charge in [-0.15, -0.1) is 0 Å². The van der Waals surface area contributed by atoms with Crippen molar-refractivity contribution in [3.05, 3.63) is 133 Å². The molecule has 0 radical (unpaired) electrons. The molecule has 51 heavy (non-hydrogen) atoms. The van der Waals surface area contributed by atoms with Gasteiger partial charge in [-0.2, -0.15) is 0 Å². The van der Waals surface area contributed by atoms with Crippen LogP contribution in [0.25, 0.3) is 72.4 Å². The predicted molar refractivity (Wildman–Crippen MR) is 206 cm³/mol. The summed E-state index contributed by atoms with van der Waals surface area (Å²) in [6.45, 7) is 4.00. The van der Waals surface area contributed by atoms with Crippen molar-refractivity contribution in [3.63, 3.8) is 0 Å². The Kier molecular flexibility index (Phi) is 7.68. The van der Waals surface area contributed by atoms with Gasteiger partial charge in [0.1, 0.15) is 5.69 Å². The molecule has 9 rings (SSSR count). The van der Waals surface area contributed by atoms with E-state index in [-0.39, 0.29) is 5.69 Å². The molecule has 5 N–H and O–H groups in total. The second kappa shape index (κ2) is 12.4. The summed E-state index contributed by atoms with van der Waals surface area (Å²) in [4.78, 5) is 0. The van der Waals surface area contributed by atoms with Crippen molar-refractivity contribution in [3.8, 4) is 62.4 Å². The lowest BCUT2D eigenvalue weighted by molar-refractivity contribution is 0.327. The number of aromatic nitrogens is 2. The summed E-state index contributed by atoms with van der Waals surface area (Å²) >= 11 is 0. The van der Waals surface area contributed by atoms with Gasteiger partial charge in [0.25, 0.3) is 0 Å². The van der Waals surface area contributed by atoms with Crippen LogP contribution in [-0.2, 0) is 6.42 Å². The number of hydrogen-bond donors (Lipinski definition) is 5. The topological polar surface area (TPSA) is 111 Å². The SMILES string of the molecule is CC.Oc1c(O)c(O)c(-n2c3ccccc3c3cc(-c4ccc5c(c4)c4c(n5-c5cccc(-c6ccccc6)c5)CCC=C4)ccc32)c(O)c1O. The number of nitrogens with zero attached hydrogens (tertiary/aromatic N) is 2. The molecule has 0 fully saturated rings. The Morgan fingerprint density at radius 1 is 0.471 bits per heavy atom. The molecule has 7 heteroatoms. The lowest BCUT2D eigenvalue weighted by Crippen LogP contribution is -2.03. The number of benzene rings is 6. The fourth-order valence-electron chi connectivity index (χ4n) is 7.43. The molecule has 0 saturated carbocycles. The van der Waals surface area contributed by atoms with E-state index in [0.29, 0.717) is 11.0 Å². The van der Waals surface area contributed by atoms with Crippen LogP contribution < -0.4 is 0 Å². The standard InChI is InChI=1S/C42H30N2O5.C2H6/c45-38-37(39(46)41(48)42(49)40(38)47)44-34-16-7-5-14-30(34)32-23-27(18-20-36(32)44)26-17-19-35-31(22-26)29-13-4-6-15-33(29)43(35)28-12-8-11-25(21-28)24-9-2-1-3-10-24;1-2/h1-5,7-14,16-23,45-49H,6,15H2;1-2H3. The van der Waals surface area contributed by atoms with Gasteiger partial charge in [0.05, 0.1) is 16.6 Å². The van der Waals surface area contributed by atoms with E-state index in [1.54, 1.807) is 4.57 Å². The van der Waals surface area contributed by atoms with Gasteiger partial charge in [0, 0.05) is 33.1 Å². The summed E-state index contributed by atoms with van der Waals surface area (Å²) in [5, 5.41) is 55.3. The van der Waals surface area contributed by atoms with Gasteiger partial charge >= 0.3 is 0 Å². The first-order chi connectivity index (χ1) is 24.9. The fourth-order valence-corrected chi connectivity index (χ4v) is 7.43. The molecule has 0 bridgehead atoms. The molecule has 0 atom stereocenters. The third-order valence-electron chi connectivity index (χ3n) is 9.73. The first-order valence-corrected chi connectivity index (χ1v) is 17.1. The summed E-state index contributed by atoms with van der Waals surface area (Å²) < 4.78 is 3.97. The van der Waals surface area contributed by atoms with Crippen LogP contribution in [0.2, 0.25) is 0 Å². The van der Waals surface area contributed by atoms with Crippen LogP contribution in [0.1, 0.15) is 31.5 Å². The van der Waals surface area contributed by atoms with Crippen LogP contribution in [0.5, 0.6) is 28.7 Å². The summed E-state index contributed by atoms with van der Waals surface area (Å²) in [6, 6.07) is 39.2. The smallest absolute Gasteiger partial charge is 0.208 e. The van der Waals surface area contributed by atoms with E-state index >= 15 is 0 Å². The third kappa shape index (κ3) is 4.88. The second-order valence-corrected chi connectivity index (χ2v) is 12.5. The van der Waals surface area contributed by atoms with Gasteiger partial charge in [0.15, 0.2) is 11.5 Å². The average Bonchev–Trinajstić information content (AvgIpc) is 3.70. The molecule has 2 heterocycles. The number of rotatable bonds is 4. The first kappa shape index (κ1) is 31.7. The summed E-state index contributed by atoms with van der Waals surface area (Å²) in [7, 11) is 0. The molecular formula is C44H36N2O5. The van der Waals surface area contributed by atoms with Crippen LogP contribution in [0.3, 0.4) is 0 Å². The number of aromatic hydroxyl groups is 5. The maximum Gasteiger partial charge on any atom is 0.208 e. The van der Waals surface area contributed by atoms with E-state index in [9.17, 15) is 25.5 Å². The number of phenolic OH excluding ortho intramolecular Hbond substituents is 5. The van der Waals surface area contributed by atoms with Crippen molar-refractivity contribution >= 4 is 38.8 Å². The molecule has 2 aromatic heterocycles. The van der Waals surface area contributed by atoms with Gasteiger partial charge in [0.2, 0.25) is 17.2 Å². The summed E-state index contributed by atoms with van der Waals surface area (Å²) in [6.07, 6.45) is 6.40. The third-order valence-corrected chi connectivity index (χ3v) is 9.73. The Morgan fingerprint density at radius 2 is 1.04 bits per heavy atom. The minimum absolute atomic E-state index is 0.232. The molecular weight excluding hydrogens is 636 g/mol. The quantitative estimate of drug-likeness (QED) is 0.0944. The molecule has 8 aromatic rings. The lowest BCUT2D eigenvalue weighted by atomic mass is 9.98. The van der Waals surface area contributed by atoms with Crippen molar-refractivity contribution < 1.29 is 25.5 Å². The molecule has 0 spiro atoms. The Balaban J connectivity index is 0.00000184. The number of fused-ring (bicyclic) bond motifs is 6. The Bertz CT molecular complexity index is 2640. The van der Waals surface area contributed by atoms with Crippen LogP contribution >= 0.6 is 0 Å². The van der Waals surface area contributed by atoms with E-state index in [2.05, 4.69) is 89.5 Å². The fraction of sp³-hybridized carbons (Fsp3) is 0.0909. The number of para-hydroxylation sites is 1. The Hall–Kier alpha value is -6.60. The highest BCUT2D eigenvalue weighted by molar-refractivity contribution is 6.11. The van der Waals surface area contributed by atoms with Crippen molar-refractivity contribution in [2.45, 2.75) is 26.7 Å². The molecule has 7 nitrogen and oxygen atoms in total. The molecule has 6 aromatic carbocycles. The maximum absolute atomic E-state index is 10.9. The number of phenols is 5. The zero-order valence-electron chi connectivity index (χ0n) is 28.2. The van der Waals surface area contributed by atoms with E-state index in [0.717, 1.165) is 45.9 Å². The minimum Gasteiger partial charge on any atom is -0.503 e. The van der Waals surface area contributed by atoms with Gasteiger partial charge in [-0.05, 0) is 77.6 Å². The van der Waals surface area contributed by atoms with Gasteiger partial charge < -0.3 is 34.7 Å². The monoisotopic (exact) mass is 672 g/mol. The zero-order chi connectivity index (χ0) is 35.4. The van der Waals surface area contributed by atoms with E-state index in [1.807, 2.05) is 56.3 Å². The Labute approximate surface area is 294 Å². The largest absolute Gasteiger partial charge is 0.503 e. The van der Waals surface area contributed by atoms with E-state index in [1.165, 1.54) is 27.8 Å². The highest BCUT2D eigenvalue weighted by Gasteiger charge is 2.27. The van der Waals surface area contributed by atoms with Gasteiger partial charge in [-0.1, -0.05) is 98.8 Å². The number of hydrogen-bond acceptors (Lipinski definition) is 5. The average molecular weight is 673 g/mol. The van der Waals surface area contributed by atoms with Crippen LogP contribution in [0.4, 0.5) is 0 Å². The van der Waals surface area contributed by atoms with Crippen LogP contribution in [-0.4, -0.2) is 34.7 Å². The van der Waals surface area contributed by atoms with E-state index < -0.39 is 28.7 Å².